The van der Waals surface area contributed by atoms with Crippen LogP contribution in [0.2, 0.25) is 10.0 Å². The van der Waals surface area contributed by atoms with Gasteiger partial charge in [-0.05, 0) is 36.1 Å². The summed E-state index contributed by atoms with van der Waals surface area (Å²) in [6.45, 7) is -0.0329. The number of halogens is 2. The third-order valence-corrected chi connectivity index (χ3v) is 5.32. The van der Waals surface area contributed by atoms with Gasteiger partial charge in [-0.1, -0.05) is 23.2 Å². The van der Waals surface area contributed by atoms with Crippen LogP contribution < -0.4 is 4.72 Å². The highest BCUT2D eigenvalue weighted by Crippen LogP contribution is 2.29. The van der Waals surface area contributed by atoms with E-state index >= 15 is 0 Å². The van der Waals surface area contributed by atoms with Crippen molar-refractivity contribution in [1.82, 2.24) is 4.72 Å². The van der Waals surface area contributed by atoms with E-state index in [1.165, 1.54) is 12.1 Å². The number of hydrogen-bond acceptors (Lipinski definition) is 4. The monoisotopic (exact) mass is 343 g/mol. The molecule has 0 saturated carbocycles. The Morgan fingerprint density at radius 3 is 2.63 bits per heavy atom. The van der Waals surface area contributed by atoms with Gasteiger partial charge in [-0.25, -0.2) is 13.1 Å². The second-order valence-electron chi connectivity index (χ2n) is 3.78. The molecule has 1 rings (SSSR count). The molecule has 1 aromatic rings. The van der Waals surface area contributed by atoms with E-state index < -0.39 is 10.0 Å². The Morgan fingerprint density at radius 2 is 2.05 bits per heavy atom. The van der Waals surface area contributed by atoms with Gasteiger partial charge in [0.2, 0.25) is 10.0 Å². The van der Waals surface area contributed by atoms with E-state index in [1.807, 2.05) is 6.26 Å². The Kier molecular flexibility index (Phi) is 6.93. The van der Waals surface area contributed by atoms with Crippen LogP contribution in [0.5, 0.6) is 0 Å². The summed E-state index contributed by atoms with van der Waals surface area (Å²) >= 11 is 13.4. The van der Waals surface area contributed by atoms with Gasteiger partial charge in [0, 0.05) is 11.6 Å². The van der Waals surface area contributed by atoms with E-state index in [0.717, 1.165) is 12.2 Å². The van der Waals surface area contributed by atoms with Gasteiger partial charge in [-0.2, -0.15) is 11.8 Å². The molecule has 0 unspecified atom stereocenters. The van der Waals surface area contributed by atoms with E-state index in [1.54, 1.807) is 11.8 Å². The van der Waals surface area contributed by atoms with E-state index in [9.17, 15) is 8.42 Å². The van der Waals surface area contributed by atoms with Crippen molar-refractivity contribution in [2.75, 3.05) is 18.6 Å². The number of thioether (sulfide) groups is 1. The summed E-state index contributed by atoms with van der Waals surface area (Å²) in [6, 6.07) is 2.72. The van der Waals surface area contributed by atoms with E-state index in [4.69, 9.17) is 28.3 Å². The Balaban J connectivity index is 2.98. The number of hydrogen-bond donors (Lipinski definition) is 2. The minimum Gasteiger partial charge on any atom is -0.392 e. The first kappa shape index (κ1) is 17.1. The molecular formula is C11H15Cl2NO3S2. The molecule has 0 radical (unpaired) electrons. The molecule has 0 aliphatic carbocycles. The van der Waals surface area contributed by atoms with E-state index in [-0.39, 0.29) is 21.5 Å². The van der Waals surface area contributed by atoms with Gasteiger partial charge in [0.05, 0.1) is 11.6 Å². The molecule has 1 aromatic carbocycles. The van der Waals surface area contributed by atoms with Crippen molar-refractivity contribution in [1.29, 1.82) is 0 Å². The van der Waals surface area contributed by atoms with Crippen molar-refractivity contribution in [2.24, 2.45) is 0 Å². The molecule has 0 heterocycles. The standard InChI is InChI=1S/C11H15Cl2NO3S2/c1-18-4-2-3-14-19(16,17)10-6-9(12)5-8(7-15)11(10)13/h5-6,14-15H,2-4,7H2,1H3. The maximum absolute atomic E-state index is 12.1. The summed E-state index contributed by atoms with van der Waals surface area (Å²) in [7, 11) is -3.71. The first-order chi connectivity index (χ1) is 8.92. The number of aliphatic hydroxyl groups is 1. The molecule has 108 valence electrons. The summed E-state index contributed by atoms with van der Waals surface area (Å²) in [4.78, 5) is -0.102. The highest BCUT2D eigenvalue weighted by Gasteiger charge is 2.20. The lowest BCUT2D eigenvalue weighted by Crippen LogP contribution is -2.25. The maximum Gasteiger partial charge on any atom is 0.242 e. The predicted molar refractivity (Wildman–Crippen MR) is 80.6 cm³/mol. The molecule has 19 heavy (non-hydrogen) atoms. The number of benzene rings is 1. The van der Waals surface area contributed by atoms with E-state index in [2.05, 4.69) is 4.72 Å². The first-order valence-electron chi connectivity index (χ1n) is 5.49. The SMILES string of the molecule is CSCCCNS(=O)(=O)c1cc(Cl)cc(CO)c1Cl. The lowest BCUT2D eigenvalue weighted by Gasteiger charge is -2.11. The van der Waals surface area contributed by atoms with Gasteiger partial charge in [0.15, 0.2) is 0 Å². The highest BCUT2D eigenvalue weighted by molar-refractivity contribution is 7.98. The summed E-state index contributed by atoms with van der Waals surface area (Å²) < 4.78 is 26.7. The molecule has 0 aliphatic heterocycles. The lowest BCUT2D eigenvalue weighted by molar-refractivity contribution is 0.281. The van der Waals surface area contributed by atoms with Crippen molar-refractivity contribution < 1.29 is 13.5 Å². The zero-order chi connectivity index (χ0) is 14.5. The van der Waals surface area contributed by atoms with Crippen LogP contribution >= 0.6 is 35.0 Å². The molecule has 0 spiro atoms. The fourth-order valence-electron chi connectivity index (χ4n) is 1.43. The first-order valence-corrected chi connectivity index (χ1v) is 9.13. The number of rotatable bonds is 7. The van der Waals surface area contributed by atoms with Crippen LogP contribution in [0.15, 0.2) is 17.0 Å². The summed E-state index contributed by atoms with van der Waals surface area (Å²) in [5, 5.41) is 9.34. The molecular weight excluding hydrogens is 329 g/mol. The molecule has 0 atom stereocenters. The molecule has 0 aromatic heterocycles. The van der Waals surface area contributed by atoms with E-state index in [0.29, 0.717) is 12.1 Å². The Bertz CT molecular complexity index is 535. The largest absolute Gasteiger partial charge is 0.392 e. The molecule has 4 nitrogen and oxygen atoms in total. The fourth-order valence-corrected chi connectivity index (χ4v) is 3.86. The van der Waals surface area contributed by atoms with Crippen molar-refractivity contribution in [3.05, 3.63) is 27.7 Å². The fraction of sp³-hybridized carbons (Fsp3) is 0.455. The minimum absolute atomic E-state index is 0.00395. The van der Waals surface area contributed by atoms with Crippen molar-refractivity contribution in [2.45, 2.75) is 17.9 Å². The van der Waals surface area contributed by atoms with Crippen LogP contribution in [0.4, 0.5) is 0 Å². The molecule has 0 saturated heterocycles. The number of nitrogens with one attached hydrogen (secondary N) is 1. The van der Waals surface area contributed by atoms with Crippen LogP contribution in [0.3, 0.4) is 0 Å². The van der Waals surface area contributed by atoms with Gasteiger partial charge in [-0.3, -0.25) is 0 Å². The van der Waals surface area contributed by atoms with Crippen LogP contribution in [0.1, 0.15) is 12.0 Å². The maximum atomic E-state index is 12.1. The van der Waals surface area contributed by atoms with Gasteiger partial charge >= 0.3 is 0 Å². The van der Waals surface area contributed by atoms with Crippen molar-refractivity contribution in [3.63, 3.8) is 0 Å². The summed E-state index contributed by atoms with van der Waals surface area (Å²) in [5.41, 5.74) is 0.290. The molecule has 0 bridgehead atoms. The topological polar surface area (TPSA) is 66.4 Å². The van der Waals surface area contributed by atoms with Crippen LogP contribution in [0.25, 0.3) is 0 Å². The normalized spacial score (nSPS) is 11.8. The zero-order valence-electron chi connectivity index (χ0n) is 10.3. The van der Waals surface area contributed by atoms with Crippen LogP contribution in [0, 0.1) is 0 Å². The third-order valence-electron chi connectivity index (χ3n) is 2.36. The lowest BCUT2D eigenvalue weighted by atomic mass is 10.2. The number of aliphatic hydroxyl groups excluding tert-OH is 1. The smallest absolute Gasteiger partial charge is 0.242 e. The van der Waals surface area contributed by atoms with Gasteiger partial charge in [-0.15, -0.1) is 0 Å². The minimum atomic E-state index is -3.71. The van der Waals surface area contributed by atoms with Crippen LogP contribution in [-0.2, 0) is 16.6 Å². The zero-order valence-corrected chi connectivity index (χ0v) is 13.5. The summed E-state index contributed by atoms with van der Waals surface area (Å²) in [5.74, 6) is 0.869. The average Bonchev–Trinajstić information content (AvgIpc) is 2.37. The predicted octanol–water partition coefficient (Wildman–Crippen LogP) is 2.52. The third kappa shape index (κ3) is 4.81. The molecule has 0 fully saturated rings. The molecule has 8 heteroatoms. The Labute approximate surface area is 127 Å². The highest BCUT2D eigenvalue weighted by atomic mass is 35.5. The van der Waals surface area contributed by atoms with Crippen molar-refractivity contribution in [3.8, 4) is 0 Å². The summed E-state index contributed by atoms with van der Waals surface area (Å²) in [6.07, 6.45) is 2.68. The van der Waals surface area contributed by atoms with Crippen LogP contribution in [-0.4, -0.2) is 32.1 Å². The number of sulfonamides is 1. The molecule has 0 aliphatic rings. The molecule has 2 N–H and O–H groups in total. The second-order valence-corrected chi connectivity index (χ2v) is 7.31. The molecule has 0 amide bonds. The van der Waals surface area contributed by atoms with Crippen molar-refractivity contribution >= 4 is 45.0 Å². The second kappa shape index (κ2) is 7.71. The Hall–Kier alpha value is 0.0200. The van der Waals surface area contributed by atoms with Gasteiger partial charge in [0.1, 0.15) is 4.90 Å². The Morgan fingerprint density at radius 1 is 1.37 bits per heavy atom. The quantitative estimate of drug-likeness (QED) is 0.746. The average molecular weight is 344 g/mol. The van der Waals surface area contributed by atoms with Gasteiger partial charge < -0.3 is 5.11 Å². The van der Waals surface area contributed by atoms with Gasteiger partial charge in [0.25, 0.3) is 0 Å².